The maximum Gasteiger partial charge on any atom is 0.387 e. The monoisotopic (exact) mass is 356 g/mol. The third kappa shape index (κ3) is 5.51. The van der Waals surface area contributed by atoms with Crippen molar-refractivity contribution in [2.24, 2.45) is 0 Å². The van der Waals surface area contributed by atoms with Crippen molar-refractivity contribution in [3.63, 3.8) is 0 Å². The first kappa shape index (κ1) is 17.7. The Morgan fingerprint density at radius 1 is 1.00 bits per heavy atom. The summed E-state index contributed by atoms with van der Waals surface area (Å²) in [5, 5.41) is 2.59. The minimum atomic E-state index is -3.39. The number of nitrogens with one attached hydrogen (secondary N) is 2. The molecule has 2 aromatic carbocycles. The molecule has 1 amide bonds. The Hall–Kier alpha value is -2.68. The van der Waals surface area contributed by atoms with E-state index in [9.17, 15) is 22.0 Å². The average molecular weight is 356 g/mol. The quantitative estimate of drug-likeness (QED) is 0.833. The van der Waals surface area contributed by atoms with Crippen molar-refractivity contribution in [2.45, 2.75) is 6.61 Å². The summed E-state index contributed by atoms with van der Waals surface area (Å²) in [5.74, 6) is -0.442. The molecule has 0 unspecified atom stereocenters. The first-order valence-electron chi connectivity index (χ1n) is 6.67. The predicted molar refractivity (Wildman–Crippen MR) is 85.9 cm³/mol. The van der Waals surface area contributed by atoms with Crippen molar-refractivity contribution < 1.29 is 26.7 Å². The first-order chi connectivity index (χ1) is 11.2. The van der Waals surface area contributed by atoms with Crippen LogP contribution in [0.5, 0.6) is 5.75 Å². The highest BCUT2D eigenvalue weighted by Gasteiger charge is 2.08. The fourth-order valence-electron chi connectivity index (χ4n) is 1.83. The van der Waals surface area contributed by atoms with Crippen molar-refractivity contribution in [2.75, 3.05) is 16.3 Å². The number of hydrogen-bond acceptors (Lipinski definition) is 4. The molecular formula is C15H14F2N2O4S. The van der Waals surface area contributed by atoms with Crippen LogP contribution in [-0.2, 0) is 10.0 Å². The number of benzene rings is 2. The Morgan fingerprint density at radius 3 is 2.04 bits per heavy atom. The highest BCUT2D eigenvalue weighted by atomic mass is 32.2. The molecule has 0 atom stereocenters. The zero-order chi connectivity index (χ0) is 17.7. The lowest BCUT2D eigenvalue weighted by molar-refractivity contribution is -0.0498. The number of anilines is 2. The van der Waals surface area contributed by atoms with Gasteiger partial charge < -0.3 is 10.1 Å². The van der Waals surface area contributed by atoms with Gasteiger partial charge in [0, 0.05) is 16.9 Å². The molecule has 0 aromatic heterocycles. The van der Waals surface area contributed by atoms with Crippen LogP contribution in [0.1, 0.15) is 10.4 Å². The number of carbonyl (C=O) groups is 1. The Labute approximate surface area is 137 Å². The SMILES string of the molecule is CS(=O)(=O)Nc1ccc(C(=O)Nc2ccc(OC(F)F)cc2)cc1. The number of amides is 1. The molecule has 128 valence electrons. The molecule has 2 aromatic rings. The average Bonchev–Trinajstić information content (AvgIpc) is 2.48. The topological polar surface area (TPSA) is 84.5 Å². The third-order valence-corrected chi connectivity index (χ3v) is 3.39. The van der Waals surface area contributed by atoms with Crippen LogP contribution in [0, 0.1) is 0 Å². The van der Waals surface area contributed by atoms with Crippen LogP contribution in [-0.4, -0.2) is 27.2 Å². The van der Waals surface area contributed by atoms with Gasteiger partial charge in [-0.2, -0.15) is 8.78 Å². The molecule has 9 heteroatoms. The minimum absolute atomic E-state index is 0.0146. The molecule has 0 saturated carbocycles. The maximum absolute atomic E-state index is 12.1. The second-order valence-corrected chi connectivity index (χ2v) is 6.56. The Morgan fingerprint density at radius 2 is 1.54 bits per heavy atom. The van der Waals surface area contributed by atoms with E-state index in [1.54, 1.807) is 0 Å². The van der Waals surface area contributed by atoms with E-state index in [0.29, 0.717) is 16.9 Å². The number of hydrogen-bond donors (Lipinski definition) is 2. The molecule has 0 spiro atoms. The van der Waals surface area contributed by atoms with Gasteiger partial charge in [0.1, 0.15) is 5.75 Å². The number of carbonyl (C=O) groups excluding carboxylic acids is 1. The lowest BCUT2D eigenvalue weighted by atomic mass is 10.2. The largest absolute Gasteiger partial charge is 0.435 e. The molecule has 0 radical (unpaired) electrons. The number of alkyl halides is 2. The van der Waals surface area contributed by atoms with Crippen molar-refractivity contribution in [3.8, 4) is 5.75 Å². The molecule has 0 fully saturated rings. The lowest BCUT2D eigenvalue weighted by Crippen LogP contribution is -2.13. The van der Waals surface area contributed by atoms with Gasteiger partial charge >= 0.3 is 6.61 Å². The molecule has 2 rings (SSSR count). The van der Waals surface area contributed by atoms with Gasteiger partial charge in [-0.15, -0.1) is 0 Å². The number of ether oxygens (including phenoxy) is 1. The van der Waals surface area contributed by atoms with Gasteiger partial charge in [-0.05, 0) is 48.5 Å². The van der Waals surface area contributed by atoms with Gasteiger partial charge in [-0.1, -0.05) is 0 Å². The molecule has 0 heterocycles. The Balaban J connectivity index is 2.01. The molecule has 0 aliphatic heterocycles. The van der Waals surface area contributed by atoms with Crippen LogP contribution < -0.4 is 14.8 Å². The van der Waals surface area contributed by atoms with E-state index in [-0.39, 0.29) is 5.75 Å². The van der Waals surface area contributed by atoms with Crippen LogP contribution in [0.15, 0.2) is 48.5 Å². The fraction of sp³-hybridized carbons (Fsp3) is 0.133. The summed E-state index contributed by atoms with van der Waals surface area (Å²) in [5.41, 5.74) is 1.05. The van der Waals surface area contributed by atoms with Gasteiger partial charge in [0.05, 0.1) is 6.26 Å². The van der Waals surface area contributed by atoms with E-state index < -0.39 is 22.5 Å². The summed E-state index contributed by atoms with van der Waals surface area (Å²) in [7, 11) is -3.39. The Bertz CT molecular complexity index is 806. The highest BCUT2D eigenvalue weighted by molar-refractivity contribution is 7.92. The maximum atomic E-state index is 12.1. The van der Waals surface area contributed by atoms with E-state index >= 15 is 0 Å². The molecule has 0 saturated heterocycles. The Kier molecular flexibility index (Phi) is 5.35. The lowest BCUT2D eigenvalue weighted by Gasteiger charge is -2.08. The van der Waals surface area contributed by atoms with Gasteiger partial charge in [0.2, 0.25) is 10.0 Å². The van der Waals surface area contributed by atoms with E-state index in [4.69, 9.17) is 0 Å². The minimum Gasteiger partial charge on any atom is -0.435 e. The van der Waals surface area contributed by atoms with E-state index in [0.717, 1.165) is 6.26 Å². The van der Waals surface area contributed by atoms with Crippen molar-refractivity contribution in [3.05, 3.63) is 54.1 Å². The summed E-state index contributed by atoms with van der Waals surface area (Å²) in [6.45, 7) is -2.91. The van der Waals surface area contributed by atoms with Crippen LogP contribution in [0.25, 0.3) is 0 Å². The number of rotatable bonds is 6. The molecule has 0 aliphatic rings. The zero-order valence-corrected chi connectivity index (χ0v) is 13.3. The first-order valence-corrected chi connectivity index (χ1v) is 8.56. The molecule has 2 N–H and O–H groups in total. The van der Waals surface area contributed by atoms with E-state index in [1.807, 2.05) is 0 Å². The molecular weight excluding hydrogens is 342 g/mol. The van der Waals surface area contributed by atoms with Gasteiger partial charge in [-0.3, -0.25) is 9.52 Å². The van der Waals surface area contributed by atoms with Gasteiger partial charge in [0.25, 0.3) is 5.91 Å². The van der Waals surface area contributed by atoms with Crippen LogP contribution in [0.2, 0.25) is 0 Å². The van der Waals surface area contributed by atoms with Crippen LogP contribution in [0.3, 0.4) is 0 Å². The standard InChI is InChI=1S/C15H14F2N2O4S/c1-24(21,22)19-12-4-2-10(3-5-12)14(20)18-11-6-8-13(9-7-11)23-15(16)17/h2-9,15,19H,1H3,(H,18,20). The van der Waals surface area contributed by atoms with Crippen LogP contribution in [0.4, 0.5) is 20.2 Å². The van der Waals surface area contributed by atoms with Crippen molar-refractivity contribution in [1.82, 2.24) is 0 Å². The van der Waals surface area contributed by atoms with Crippen LogP contribution >= 0.6 is 0 Å². The van der Waals surface area contributed by atoms with E-state index in [1.165, 1.54) is 48.5 Å². The summed E-state index contributed by atoms with van der Waals surface area (Å²) in [6.07, 6.45) is 1.02. The number of halogens is 2. The van der Waals surface area contributed by atoms with Crippen molar-refractivity contribution in [1.29, 1.82) is 0 Å². The zero-order valence-electron chi connectivity index (χ0n) is 12.5. The molecule has 6 nitrogen and oxygen atoms in total. The number of sulfonamides is 1. The fourth-order valence-corrected chi connectivity index (χ4v) is 2.39. The molecule has 0 bridgehead atoms. The normalized spacial score (nSPS) is 11.2. The predicted octanol–water partition coefficient (Wildman–Crippen LogP) is 2.91. The summed E-state index contributed by atoms with van der Waals surface area (Å²) >= 11 is 0. The summed E-state index contributed by atoms with van der Waals surface area (Å²) < 4.78 is 52.8. The third-order valence-electron chi connectivity index (χ3n) is 2.79. The van der Waals surface area contributed by atoms with Gasteiger partial charge in [0.15, 0.2) is 0 Å². The molecule has 0 aliphatic carbocycles. The second kappa shape index (κ2) is 7.26. The van der Waals surface area contributed by atoms with Gasteiger partial charge in [-0.25, -0.2) is 8.42 Å². The second-order valence-electron chi connectivity index (χ2n) is 4.81. The smallest absolute Gasteiger partial charge is 0.387 e. The van der Waals surface area contributed by atoms with Crippen molar-refractivity contribution >= 4 is 27.3 Å². The highest BCUT2D eigenvalue weighted by Crippen LogP contribution is 2.19. The van der Waals surface area contributed by atoms with E-state index in [2.05, 4.69) is 14.8 Å². The summed E-state index contributed by atoms with van der Waals surface area (Å²) in [6, 6.07) is 11.3. The summed E-state index contributed by atoms with van der Waals surface area (Å²) in [4.78, 5) is 12.1. The molecule has 24 heavy (non-hydrogen) atoms.